The molecule has 0 saturated heterocycles. The Morgan fingerprint density at radius 2 is 1.38 bits per heavy atom. The van der Waals surface area contributed by atoms with E-state index in [1.807, 2.05) is 27.9 Å². The highest BCUT2D eigenvalue weighted by molar-refractivity contribution is 5.92. The first-order valence-corrected chi connectivity index (χ1v) is 16.2. The van der Waals surface area contributed by atoms with Crippen molar-refractivity contribution in [3.05, 3.63) is 57.9 Å². The van der Waals surface area contributed by atoms with Gasteiger partial charge in [-0.15, -0.1) is 0 Å². The molecule has 1 aliphatic rings. The maximum absolute atomic E-state index is 13.2. The Balaban J connectivity index is 1.95. The van der Waals surface area contributed by atoms with Gasteiger partial charge in [0.15, 0.2) is 0 Å². The monoisotopic (exact) mass is 553 g/mol. The van der Waals surface area contributed by atoms with Crippen molar-refractivity contribution in [3.63, 3.8) is 0 Å². The average Bonchev–Trinajstić information content (AvgIpc) is 2.90. The van der Waals surface area contributed by atoms with Crippen LogP contribution in [0.5, 0.6) is 0 Å². The van der Waals surface area contributed by atoms with Crippen molar-refractivity contribution in [2.24, 2.45) is 5.92 Å². The van der Waals surface area contributed by atoms with Crippen LogP contribution in [0, 0.1) is 5.92 Å². The zero-order valence-electron chi connectivity index (χ0n) is 27.0. The molecule has 2 rings (SSSR count). The lowest BCUT2D eigenvalue weighted by atomic mass is 9.76. The summed E-state index contributed by atoms with van der Waals surface area (Å²) in [6, 6.07) is 8.84. The first kappa shape index (κ1) is 34.1. The summed E-state index contributed by atoms with van der Waals surface area (Å²) in [5.74, 6) is -0.0296. The van der Waals surface area contributed by atoms with Crippen LogP contribution in [0.4, 0.5) is 0 Å². The van der Waals surface area contributed by atoms with Crippen LogP contribution >= 0.6 is 0 Å². The molecule has 0 radical (unpaired) electrons. The van der Waals surface area contributed by atoms with E-state index in [2.05, 4.69) is 57.3 Å². The molecule has 0 fully saturated rings. The Kier molecular flexibility index (Phi) is 15.7. The van der Waals surface area contributed by atoms with E-state index < -0.39 is 0 Å². The smallest absolute Gasteiger partial charge is 0.336 e. The molecule has 2 unspecified atom stereocenters. The summed E-state index contributed by atoms with van der Waals surface area (Å²) < 4.78 is 11.6. The highest BCUT2D eigenvalue weighted by Gasteiger charge is 2.35. The predicted molar refractivity (Wildman–Crippen MR) is 169 cm³/mol. The second-order valence-corrected chi connectivity index (χ2v) is 12.4. The molecule has 0 amide bonds. The van der Waals surface area contributed by atoms with Gasteiger partial charge in [-0.3, -0.25) is 0 Å². The second-order valence-electron chi connectivity index (χ2n) is 12.4. The SMILES string of the molecule is CCCCCCCCCCCCCC(Cc1ccc(C2C(C(=O)OC(C)C)=C(C)NC(C)=C2C(C)C)cc1)OC. The molecule has 40 heavy (non-hydrogen) atoms. The van der Waals surface area contributed by atoms with Crippen LogP contribution in [-0.2, 0) is 20.7 Å². The highest BCUT2D eigenvalue weighted by Crippen LogP contribution is 2.42. The van der Waals surface area contributed by atoms with Crippen molar-refractivity contribution in [3.8, 4) is 0 Å². The third-order valence-corrected chi connectivity index (χ3v) is 8.24. The fraction of sp³-hybridized carbons (Fsp3) is 0.694. The highest BCUT2D eigenvalue weighted by atomic mass is 16.5. The van der Waals surface area contributed by atoms with Crippen LogP contribution in [0.2, 0.25) is 0 Å². The number of benzene rings is 1. The molecule has 4 nitrogen and oxygen atoms in total. The summed E-state index contributed by atoms with van der Waals surface area (Å²) in [7, 11) is 1.84. The van der Waals surface area contributed by atoms with E-state index in [-0.39, 0.29) is 24.1 Å². The Bertz CT molecular complexity index is 941. The van der Waals surface area contributed by atoms with E-state index in [4.69, 9.17) is 9.47 Å². The number of esters is 1. The summed E-state index contributed by atoms with van der Waals surface area (Å²) >= 11 is 0. The normalized spacial score (nSPS) is 16.6. The Morgan fingerprint density at radius 3 is 1.88 bits per heavy atom. The lowest BCUT2D eigenvalue weighted by molar-refractivity contribution is -0.143. The van der Waals surface area contributed by atoms with Crippen LogP contribution < -0.4 is 5.32 Å². The Labute approximate surface area is 246 Å². The number of rotatable bonds is 19. The van der Waals surface area contributed by atoms with Gasteiger partial charge in [0.1, 0.15) is 0 Å². The zero-order chi connectivity index (χ0) is 29.5. The lowest BCUT2D eigenvalue weighted by Gasteiger charge is -2.34. The van der Waals surface area contributed by atoms with Gasteiger partial charge < -0.3 is 14.8 Å². The van der Waals surface area contributed by atoms with Crippen molar-refractivity contribution in [1.29, 1.82) is 0 Å². The van der Waals surface area contributed by atoms with Crippen molar-refractivity contribution >= 4 is 5.97 Å². The summed E-state index contributed by atoms with van der Waals surface area (Å²) in [5, 5.41) is 3.45. The van der Waals surface area contributed by atoms with E-state index in [9.17, 15) is 4.79 Å². The van der Waals surface area contributed by atoms with Crippen LogP contribution in [0.1, 0.15) is 143 Å². The molecule has 0 spiro atoms. The number of allylic oxidation sites excluding steroid dienone is 3. The van der Waals surface area contributed by atoms with Crippen LogP contribution in [0.25, 0.3) is 0 Å². The quantitative estimate of drug-likeness (QED) is 0.137. The number of methoxy groups -OCH3 is 1. The third kappa shape index (κ3) is 11.1. The van der Waals surface area contributed by atoms with Crippen LogP contribution in [-0.4, -0.2) is 25.3 Å². The van der Waals surface area contributed by atoms with Gasteiger partial charge in [-0.05, 0) is 63.2 Å². The number of nitrogens with one attached hydrogen (secondary N) is 1. The van der Waals surface area contributed by atoms with Gasteiger partial charge >= 0.3 is 5.97 Å². The maximum Gasteiger partial charge on any atom is 0.336 e. The van der Waals surface area contributed by atoms with Crippen LogP contribution in [0.3, 0.4) is 0 Å². The fourth-order valence-electron chi connectivity index (χ4n) is 6.12. The van der Waals surface area contributed by atoms with E-state index in [0.29, 0.717) is 5.92 Å². The summed E-state index contributed by atoms with van der Waals surface area (Å²) in [6.45, 7) is 14.6. The number of hydrogen-bond acceptors (Lipinski definition) is 4. The minimum Gasteiger partial charge on any atom is -0.460 e. The van der Waals surface area contributed by atoms with Crippen molar-refractivity contribution in [1.82, 2.24) is 5.32 Å². The molecule has 1 N–H and O–H groups in total. The summed E-state index contributed by atoms with van der Waals surface area (Å²) in [5.41, 5.74) is 6.42. The fourth-order valence-corrected chi connectivity index (χ4v) is 6.12. The molecule has 0 aromatic heterocycles. The molecule has 1 aliphatic heterocycles. The molecule has 2 atom stereocenters. The van der Waals surface area contributed by atoms with E-state index in [0.717, 1.165) is 35.4 Å². The van der Waals surface area contributed by atoms with Gasteiger partial charge in [0.25, 0.3) is 0 Å². The largest absolute Gasteiger partial charge is 0.460 e. The molecule has 0 aliphatic carbocycles. The Hall–Kier alpha value is -2.07. The molecular weight excluding hydrogens is 494 g/mol. The molecule has 4 heteroatoms. The number of carbonyl (C=O) groups is 1. The summed E-state index contributed by atoms with van der Waals surface area (Å²) in [6.07, 6.45) is 17.1. The van der Waals surface area contributed by atoms with E-state index in [1.54, 1.807) is 0 Å². The minimum absolute atomic E-state index is 0.101. The number of dihydropyridines is 1. The van der Waals surface area contributed by atoms with Crippen molar-refractivity contribution in [2.75, 3.05) is 7.11 Å². The minimum atomic E-state index is -0.230. The first-order chi connectivity index (χ1) is 19.2. The molecule has 1 aromatic rings. The average molecular weight is 554 g/mol. The maximum atomic E-state index is 13.2. The Morgan fingerprint density at radius 1 is 0.825 bits per heavy atom. The molecular formula is C36H59NO3. The summed E-state index contributed by atoms with van der Waals surface area (Å²) in [4.78, 5) is 13.2. The zero-order valence-corrected chi connectivity index (χ0v) is 27.0. The molecule has 226 valence electrons. The number of unbranched alkanes of at least 4 members (excludes halogenated alkanes) is 10. The predicted octanol–water partition coefficient (Wildman–Crippen LogP) is 9.79. The molecule has 0 bridgehead atoms. The molecule has 1 aromatic carbocycles. The standard InChI is InChI=1S/C36H59NO3/c1-9-10-11-12-13-14-15-16-17-18-19-20-32(39-8)25-30-21-23-31(24-22-30)35-33(26(2)3)28(6)37-29(7)34(35)36(38)40-27(4)5/h21-24,26-27,32,35,37H,9-20,25H2,1-8H3. The van der Waals surface area contributed by atoms with Gasteiger partial charge in [-0.2, -0.15) is 0 Å². The van der Waals surface area contributed by atoms with E-state index in [1.165, 1.54) is 81.8 Å². The number of hydrogen-bond donors (Lipinski definition) is 1. The molecule has 0 saturated carbocycles. The topological polar surface area (TPSA) is 47.6 Å². The van der Waals surface area contributed by atoms with Gasteiger partial charge in [-0.25, -0.2) is 4.79 Å². The van der Waals surface area contributed by atoms with Gasteiger partial charge in [0.2, 0.25) is 0 Å². The van der Waals surface area contributed by atoms with Crippen molar-refractivity contribution < 1.29 is 14.3 Å². The number of carbonyl (C=O) groups excluding carboxylic acids is 1. The third-order valence-electron chi connectivity index (χ3n) is 8.24. The second kappa shape index (κ2) is 18.4. The van der Waals surface area contributed by atoms with Crippen molar-refractivity contribution in [2.45, 2.75) is 150 Å². The van der Waals surface area contributed by atoms with Crippen LogP contribution in [0.15, 0.2) is 46.8 Å². The first-order valence-electron chi connectivity index (χ1n) is 16.2. The lowest BCUT2D eigenvalue weighted by Crippen LogP contribution is -2.31. The van der Waals surface area contributed by atoms with Gasteiger partial charge in [0.05, 0.1) is 17.8 Å². The number of ether oxygens (including phenoxy) is 2. The van der Waals surface area contributed by atoms with Gasteiger partial charge in [-0.1, -0.05) is 116 Å². The van der Waals surface area contributed by atoms with E-state index >= 15 is 0 Å². The molecule has 1 heterocycles. The van der Waals surface area contributed by atoms with Gasteiger partial charge in [0, 0.05) is 24.4 Å².